The van der Waals surface area contributed by atoms with Crippen molar-refractivity contribution in [2.45, 2.75) is 119 Å². The quantitative estimate of drug-likeness (QED) is 0.443. The highest BCUT2D eigenvalue weighted by molar-refractivity contribution is 5.09. The zero-order valence-corrected chi connectivity index (χ0v) is 20.1. The molecule has 0 N–H and O–H groups in total. The van der Waals surface area contributed by atoms with Crippen LogP contribution in [0, 0.1) is 58.2 Å². The fourth-order valence-electron chi connectivity index (χ4n) is 9.50. The zero-order valence-electron chi connectivity index (χ0n) is 20.1. The summed E-state index contributed by atoms with van der Waals surface area (Å²) in [5.74, 6) is 8.08. The van der Waals surface area contributed by atoms with Crippen molar-refractivity contribution in [3.63, 3.8) is 0 Å². The lowest BCUT2D eigenvalue weighted by molar-refractivity contribution is -0.120. The molecule has 0 nitrogen and oxygen atoms in total. The highest BCUT2D eigenvalue weighted by atomic mass is 14.6. The largest absolute Gasteiger partial charge is 0.0628 e. The van der Waals surface area contributed by atoms with Gasteiger partial charge in [0.2, 0.25) is 0 Å². The summed E-state index contributed by atoms with van der Waals surface area (Å²) in [7, 11) is 0. The van der Waals surface area contributed by atoms with E-state index in [2.05, 4.69) is 41.5 Å². The smallest absolute Gasteiger partial charge is 0.0264 e. The minimum Gasteiger partial charge on any atom is -0.0628 e. The Morgan fingerprint density at radius 1 is 0.786 bits per heavy atom. The van der Waals surface area contributed by atoms with E-state index in [0.717, 1.165) is 47.3 Å². The lowest BCUT2D eigenvalue weighted by atomic mass is 9.44. The molecule has 162 valence electrons. The summed E-state index contributed by atoms with van der Waals surface area (Å²) in [6, 6.07) is 0. The third-order valence-corrected chi connectivity index (χ3v) is 11.1. The van der Waals surface area contributed by atoms with Crippen molar-refractivity contribution in [1.82, 2.24) is 0 Å². The predicted molar refractivity (Wildman–Crippen MR) is 122 cm³/mol. The van der Waals surface area contributed by atoms with Gasteiger partial charge in [-0.3, -0.25) is 0 Å². The van der Waals surface area contributed by atoms with Gasteiger partial charge in [-0.2, -0.15) is 0 Å². The summed E-state index contributed by atoms with van der Waals surface area (Å²) in [4.78, 5) is 0. The summed E-state index contributed by atoms with van der Waals surface area (Å²) < 4.78 is 0. The third-order valence-electron chi connectivity index (χ3n) is 11.1. The van der Waals surface area contributed by atoms with E-state index in [1.165, 1.54) is 32.1 Å². The molecule has 4 fully saturated rings. The molecule has 0 saturated heterocycles. The van der Waals surface area contributed by atoms with Gasteiger partial charge in [-0.25, -0.2) is 0 Å². The van der Waals surface area contributed by atoms with E-state index < -0.39 is 0 Å². The number of fused-ring (bicyclic) bond motifs is 5. The van der Waals surface area contributed by atoms with Gasteiger partial charge in [0.05, 0.1) is 0 Å². The van der Waals surface area contributed by atoms with E-state index in [4.69, 9.17) is 0 Å². The molecular weight excluding hydrogens is 336 g/mol. The number of hydrogen-bond donors (Lipinski definition) is 0. The number of hydrogen-bond acceptors (Lipinski definition) is 0. The van der Waals surface area contributed by atoms with Gasteiger partial charge >= 0.3 is 0 Å². The molecule has 0 aromatic carbocycles. The van der Waals surface area contributed by atoms with Gasteiger partial charge in [0.25, 0.3) is 0 Å². The molecular formula is C28H50. The first-order chi connectivity index (χ1) is 13.3. The minimum absolute atomic E-state index is 0.670. The van der Waals surface area contributed by atoms with Crippen molar-refractivity contribution >= 4 is 0 Å². The highest BCUT2D eigenvalue weighted by Crippen LogP contribution is 2.68. The van der Waals surface area contributed by atoms with Gasteiger partial charge < -0.3 is 0 Å². The molecule has 0 heteroatoms. The molecule has 4 rings (SSSR count). The van der Waals surface area contributed by atoms with Crippen LogP contribution in [0.25, 0.3) is 0 Å². The van der Waals surface area contributed by atoms with Crippen molar-refractivity contribution in [2.24, 2.45) is 58.2 Å². The second-order valence-corrected chi connectivity index (χ2v) is 13.1. The molecule has 4 saturated carbocycles. The maximum Gasteiger partial charge on any atom is -0.0264 e. The van der Waals surface area contributed by atoms with Crippen molar-refractivity contribution in [3.8, 4) is 0 Å². The maximum absolute atomic E-state index is 2.75. The van der Waals surface area contributed by atoms with Crippen LogP contribution in [-0.4, -0.2) is 0 Å². The Bertz CT molecular complexity index is 534. The second kappa shape index (κ2) is 7.92. The van der Waals surface area contributed by atoms with Crippen LogP contribution < -0.4 is 0 Å². The van der Waals surface area contributed by atoms with Crippen LogP contribution >= 0.6 is 0 Å². The van der Waals surface area contributed by atoms with Crippen LogP contribution in [0.5, 0.6) is 0 Å². The van der Waals surface area contributed by atoms with E-state index in [-0.39, 0.29) is 0 Å². The molecule has 9 atom stereocenters. The van der Waals surface area contributed by atoms with E-state index in [1.807, 2.05) is 0 Å². The average Bonchev–Trinajstić information content (AvgIpc) is 2.99. The van der Waals surface area contributed by atoms with Crippen molar-refractivity contribution < 1.29 is 0 Å². The standard InChI is InChI=1S/C28H50/c1-19(2)8-7-9-21(4)24-12-13-25-23-11-10-22-18-20(3)14-16-27(22,5)26(23)15-17-28(24,25)6/h19-26H,7-18H2,1-6H3/t20-,21+,22?,23-,24+,25+,26+,27-,28+/m0/s1. The van der Waals surface area contributed by atoms with Crippen LogP contribution in [0.15, 0.2) is 0 Å². The van der Waals surface area contributed by atoms with Gasteiger partial charge in [0, 0.05) is 0 Å². The molecule has 0 aromatic rings. The molecule has 0 spiro atoms. The minimum atomic E-state index is 0.670. The fraction of sp³-hybridized carbons (Fsp3) is 1.00. The third kappa shape index (κ3) is 3.51. The fourth-order valence-corrected chi connectivity index (χ4v) is 9.50. The van der Waals surface area contributed by atoms with E-state index in [1.54, 1.807) is 44.9 Å². The zero-order chi connectivity index (χ0) is 20.1. The predicted octanol–water partition coefficient (Wildman–Crippen LogP) is 8.74. The Kier molecular flexibility index (Phi) is 6.01. The van der Waals surface area contributed by atoms with Gasteiger partial charge in [0.1, 0.15) is 0 Å². The highest BCUT2D eigenvalue weighted by Gasteiger charge is 2.60. The van der Waals surface area contributed by atoms with Crippen molar-refractivity contribution in [1.29, 1.82) is 0 Å². The molecule has 0 aromatic heterocycles. The Morgan fingerprint density at radius 2 is 1.50 bits per heavy atom. The monoisotopic (exact) mass is 386 g/mol. The molecule has 0 amide bonds. The van der Waals surface area contributed by atoms with E-state index in [0.29, 0.717) is 10.8 Å². The first-order valence-electron chi connectivity index (χ1n) is 13.3. The van der Waals surface area contributed by atoms with Gasteiger partial charge in [-0.15, -0.1) is 0 Å². The lowest BCUT2D eigenvalue weighted by Gasteiger charge is -2.61. The summed E-state index contributed by atoms with van der Waals surface area (Å²) in [5.41, 5.74) is 1.36. The molecule has 4 aliphatic carbocycles. The molecule has 4 aliphatic rings. The van der Waals surface area contributed by atoms with E-state index in [9.17, 15) is 0 Å². The molecule has 0 bridgehead atoms. The summed E-state index contributed by atoms with van der Waals surface area (Å²) in [6.45, 7) is 15.4. The molecule has 1 unspecified atom stereocenters. The topological polar surface area (TPSA) is 0 Å². The van der Waals surface area contributed by atoms with Crippen LogP contribution in [0.4, 0.5) is 0 Å². The first kappa shape index (κ1) is 21.2. The van der Waals surface area contributed by atoms with Crippen LogP contribution in [0.1, 0.15) is 119 Å². The van der Waals surface area contributed by atoms with Gasteiger partial charge in [-0.1, -0.05) is 67.2 Å². The number of rotatable bonds is 5. The van der Waals surface area contributed by atoms with Crippen molar-refractivity contribution in [2.75, 3.05) is 0 Å². The SMILES string of the molecule is CC(C)CCC[C@@H](C)[C@H]1CC[C@@H]2[C@@H]3CCC4C[C@@H](C)CC[C@]4(C)[C@@H]3CC[C@@]21C. The molecule has 28 heavy (non-hydrogen) atoms. The summed E-state index contributed by atoms with van der Waals surface area (Å²) >= 11 is 0. The van der Waals surface area contributed by atoms with Gasteiger partial charge in [0.15, 0.2) is 0 Å². The molecule has 0 radical (unpaired) electrons. The van der Waals surface area contributed by atoms with Crippen molar-refractivity contribution in [3.05, 3.63) is 0 Å². The Balaban J connectivity index is 1.46. The maximum atomic E-state index is 2.75. The van der Waals surface area contributed by atoms with Crippen LogP contribution in [0.3, 0.4) is 0 Å². The van der Waals surface area contributed by atoms with Crippen LogP contribution in [-0.2, 0) is 0 Å². The second-order valence-electron chi connectivity index (χ2n) is 13.1. The summed E-state index contributed by atoms with van der Waals surface area (Å²) in [6.07, 6.45) is 18.3. The summed E-state index contributed by atoms with van der Waals surface area (Å²) in [5, 5.41) is 0. The first-order valence-corrected chi connectivity index (χ1v) is 13.3. The molecule has 0 heterocycles. The lowest BCUT2D eigenvalue weighted by Crippen LogP contribution is -2.53. The Hall–Kier alpha value is 0. The van der Waals surface area contributed by atoms with Gasteiger partial charge in [-0.05, 0) is 110 Å². The normalized spacial score (nSPS) is 49.4. The molecule has 0 aliphatic heterocycles. The Labute approximate surface area is 177 Å². The Morgan fingerprint density at radius 3 is 2.25 bits per heavy atom. The van der Waals surface area contributed by atoms with E-state index >= 15 is 0 Å². The van der Waals surface area contributed by atoms with Crippen LogP contribution in [0.2, 0.25) is 0 Å². The average molecular weight is 387 g/mol.